The number of hydrogen-bond donors (Lipinski definition) is 0. The number of rotatable bonds is 6. The van der Waals surface area contributed by atoms with Gasteiger partial charge in [-0.3, -0.25) is 0 Å². The molecule has 0 aromatic rings. The van der Waals surface area contributed by atoms with Crippen molar-refractivity contribution in [2.75, 3.05) is 0 Å². The van der Waals surface area contributed by atoms with Gasteiger partial charge in [0.15, 0.2) is 0 Å². The third-order valence-electron chi connectivity index (χ3n) is 4.12. The van der Waals surface area contributed by atoms with Crippen LogP contribution in [0.1, 0.15) is 66.7 Å². The molecule has 0 heterocycles. The summed E-state index contributed by atoms with van der Waals surface area (Å²) in [7, 11) is 0. The Morgan fingerprint density at radius 1 is 1.21 bits per heavy atom. The molecular weight excluding hydrogens is 228 g/mol. The van der Waals surface area contributed by atoms with Gasteiger partial charge in [-0.05, 0) is 44.6 Å². The molecule has 0 unspecified atom stereocenters. The van der Waals surface area contributed by atoms with Crippen LogP contribution in [0.15, 0.2) is 47.1 Å². The van der Waals surface area contributed by atoms with Gasteiger partial charge >= 0.3 is 0 Å². The van der Waals surface area contributed by atoms with Crippen LogP contribution in [0.25, 0.3) is 0 Å². The fraction of sp³-hybridized carbons (Fsp3) is 0.579. The normalized spacial score (nSPS) is 18.3. The molecule has 0 heteroatoms. The highest BCUT2D eigenvalue weighted by Gasteiger charge is 2.18. The van der Waals surface area contributed by atoms with Gasteiger partial charge in [-0.25, -0.2) is 0 Å². The van der Waals surface area contributed by atoms with Gasteiger partial charge in [0.25, 0.3) is 0 Å². The summed E-state index contributed by atoms with van der Waals surface area (Å²) in [4.78, 5) is 0. The lowest BCUT2D eigenvalue weighted by atomic mass is 9.81. The highest BCUT2D eigenvalue weighted by atomic mass is 14.2. The van der Waals surface area contributed by atoms with Gasteiger partial charge < -0.3 is 0 Å². The maximum atomic E-state index is 2.40. The molecule has 0 fully saturated rings. The van der Waals surface area contributed by atoms with Crippen LogP contribution in [0.4, 0.5) is 0 Å². The lowest BCUT2D eigenvalue weighted by molar-refractivity contribution is 0.559. The largest absolute Gasteiger partial charge is 0.0848 e. The Morgan fingerprint density at radius 3 is 2.47 bits per heavy atom. The van der Waals surface area contributed by atoms with Crippen molar-refractivity contribution in [3.8, 4) is 0 Å². The van der Waals surface area contributed by atoms with Crippen molar-refractivity contribution in [1.29, 1.82) is 0 Å². The zero-order valence-electron chi connectivity index (χ0n) is 13.4. The minimum absolute atomic E-state index is 0.155. The summed E-state index contributed by atoms with van der Waals surface area (Å²) in [6, 6.07) is 0. The zero-order valence-corrected chi connectivity index (χ0v) is 13.4. The van der Waals surface area contributed by atoms with Crippen molar-refractivity contribution in [2.45, 2.75) is 66.7 Å². The smallest absolute Gasteiger partial charge is 0.00404 e. The summed E-state index contributed by atoms with van der Waals surface area (Å²) >= 11 is 0. The summed E-state index contributed by atoms with van der Waals surface area (Å²) in [6.45, 7) is 11.4. The van der Waals surface area contributed by atoms with Gasteiger partial charge in [-0.2, -0.15) is 0 Å². The molecule has 1 rings (SSSR count). The topological polar surface area (TPSA) is 0 Å². The Morgan fingerprint density at radius 2 is 1.95 bits per heavy atom. The summed E-state index contributed by atoms with van der Waals surface area (Å²) in [5, 5.41) is 0. The average molecular weight is 258 g/mol. The minimum Gasteiger partial charge on any atom is -0.0848 e. The van der Waals surface area contributed by atoms with E-state index in [9.17, 15) is 0 Å². The van der Waals surface area contributed by atoms with Crippen LogP contribution in [-0.4, -0.2) is 0 Å². The highest BCUT2D eigenvalue weighted by Crippen LogP contribution is 2.33. The van der Waals surface area contributed by atoms with Crippen LogP contribution in [0.3, 0.4) is 0 Å². The van der Waals surface area contributed by atoms with Crippen LogP contribution in [-0.2, 0) is 0 Å². The second-order valence-electron chi connectivity index (χ2n) is 6.10. The Bertz CT molecular complexity index is 400. The zero-order chi connectivity index (χ0) is 14.3. The molecule has 0 aliphatic heterocycles. The third-order valence-corrected chi connectivity index (χ3v) is 4.12. The molecule has 0 atom stereocenters. The predicted octanol–water partition coefficient (Wildman–Crippen LogP) is 6.37. The molecule has 0 aromatic heterocycles. The van der Waals surface area contributed by atoms with Crippen LogP contribution in [0.5, 0.6) is 0 Å². The average Bonchev–Trinajstić information content (AvgIpc) is 2.78. The van der Waals surface area contributed by atoms with Crippen molar-refractivity contribution in [2.24, 2.45) is 5.41 Å². The van der Waals surface area contributed by atoms with Gasteiger partial charge in [0.2, 0.25) is 0 Å². The Hall–Kier alpha value is -1.04. The Kier molecular flexibility index (Phi) is 6.34. The molecule has 0 amide bonds. The maximum absolute atomic E-state index is 2.40. The lowest BCUT2D eigenvalue weighted by Gasteiger charge is -2.24. The van der Waals surface area contributed by atoms with E-state index in [-0.39, 0.29) is 5.41 Å². The molecule has 0 radical (unpaired) electrons. The SMILES string of the molecule is CC/C=C\C=C(/CC)C(C)(C)/C=C/C1=C(C)CCC1. The predicted molar refractivity (Wildman–Crippen MR) is 87.3 cm³/mol. The fourth-order valence-corrected chi connectivity index (χ4v) is 2.67. The van der Waals surface area contributed by atoms with Crippen LogP contribution in [0.2, 0.25) is 0 Å². The van der Waals surface area contributed by atoms with Gasteiger partial charge in [0.05, 0.1) is 0 Å². The molecule has 0 nitrogen and oxygen atoms in total. The van der Waals surface area contributed by atoms with Crippen molar-refractivity contribution in [1.82, 2.24) is 0 Å². The monoisotopic (exact) mass is 258 g/mol. The standard InChI is InChI=1S/C19H30/c1-6-8-9-13-18(7-2)19(4,5)15-14-17-12-10-11-16(17)3/h8-9,13-15H,6-7,10-12H2,1-5H3/b9-8-,15-14+,18-13+. The maximum Gasteiger partial charge on any atom is 0.00404 e. The molecule has 0 saturated carbocycles. The number of allylic oxidation sites excluding steroid dienone is 8. The third kappa shape index (κ3) is 4.86. The fourth-order valence-electron chi connectivity index (χ4n) is 2.67. The first-order chi connectivity index (χ1) is 9.01. The van der Waals surface area contributed by atoms with Crippen molar-refractivity contribution in [3.05, 3.63) is 47.1 Å². The second-order valence-corrected chi connectivity index (χ2v) is 6.10. The van der Waals surface area contributed by atoms with Crippen LogP contribution in [0, 0.1) is 5.41 Å². The molecule has 1 aliphatic carbocycles. The van der Waals surface area contributed by atoms with Crippen LogP contribution < -0.4 is 0 Å². The quantitative estimate of drug-likeness (QED) is 0.485. The van der Waals surface area contributed by atoms with E-state index < -0.39 is 0 Å². The highest BCUT2D eigenvalue weighted by molar-refractivity contribution is 5.32. The molecule has 0 spiro atoms. The molecule has 19 heavy (non-hydrogen) atoms. The van der Waals surface area contributed by atoms with Crippen molar-refractivity contribution in [3.63, 3.8) is 0 Å². The first-order valence-corrected chi connectivity index (χ1v) is 7.75. The van der Waals surface area contributed by atoms with Gasteiger partial charge in [-0.1, -0.05) is 69.2 Å². The molecule has 0 bridgehead atoms. The molecule has 0 aromatic carbocycles. The lowest BCUT2D eigenvalue weighted by Crippen LogP contribution is -2.11. The summed E-state index contributed by atoms with van der Waals surface area (Å²) in [5.74, 6) is 0. The van der Waals surface area contributed by atoms with Gasteiger partial charge in [-0.15, -0.1) is 0 Å². The van der Waals surface area contributed by atoms with E-state index in [1.54, 1.807) is 11.1 Å². The van der Waals surface area contributed by atoms with Gasteiger partial charge in [0.1, 0.15) is 0 Å². The van der Waals surface area contributed by atoms with E-state index in [1.807, 2.05) is 0 Å². The minimum atomic E-state index is 0.155. The molecule has 106 valence electrons. The summed E-state index contributed by atoms with van der Waals surface area (Å²) in [5.41, 5.74) is 4.81. The Balaban J connectivity index is 2.83. The number of hydrogen-bond acceptors (Lipinski definition) is 0. The Labute approximate surface area is 120 Å². The summed E-state index contributed by atoms with van der Waals surface area (Å²) < 4.78 is 0. The molecular formula is C19H30. The van der Waals surface area contributed by atoms with Crippen LogP contribution >= 0.6 is 0 Å². The molecule has 0 N–H and O–H groups in total. The first kappa shape index (κ1) is 16.0. The second kappa shape index (κ2) is 7.53. The van der Waals surface area contributed by atoms with Gasteiger partial charge in [0, 0.05) is 5.41 Å². The van der Waals surface area contributed by atoms with E-state index in [0.717, 1.165) is 12.8 Å². The molecule has 1 aliphatic rings. The first-order valence-electron chi connectivity index (χ1n) is 7.75. The molecule has 0 saturated heterocycles. The van der Waals surface area contributed by atoms with E-state index >= 15 is 0 Å². The van der Waals surface area contributed by atoms with Crippen molar-refractivity contribution >= 4 is 0 Å². The van der Waals surface area contributed by atoms with E-state index in [0.29, 0.717) is 0 Å². The van der Waals surface area contributed by atoms with Crippen molar-refractivity contribution < 1.29 is 0 Å². The van der Waals surface area contributed by atoms with E-state index in [4.69, 9.17) is 0 Å². The van der Waals surface area contributed by atoms with E-state index in [1.165, 1.54) is 24.8 Å². The van der Waals surface area contributed by atoms with E-state index in [2.05, 4.69) is 65.0 Å². The summed E-state index contributed by atoms with van der Waals surface area (Å²) in [6.07, 6.45) is 17.6.